The van der Waals surface area contributed by atoms with E-state index in [2.05, 4.69) is 16.0 Å². The summed E-state index contributed by atoms with van der Waals surface area (Å²) in [6.45, 7) is 12.7. The molecule has 0 aliphatic heterocycles. The second kappa shape index (κ2) is 16.5. The fraction of sp³-hybridized carbons (Fsp3) is 0.621. The lowest BCUT2D eigenvalue weighted by Gasteiger charge is -2.29. The second-order valence-electron chi connectivity index (χ2n) is 11.3. The molecule has 0 saturated heterocycles. The molecule has 4 atom stereocenters. The topological polar surface area (TPSA) is 166 Å². The Balaban J connectivity index is 2.87. The number of carbonyl (C=O) groups excluding carboxylic acids is 5. The maximum atomic E-state index is 13.2. The quantitative estimate of drug-likeness (QED) is 0.239. The van der Waals surface area contributed by atoms with Gasteiger partial charge in [0.2, 0.25) is 17.7 Å². The van der Waals surface area contributed by atoms with Crippen molar-refractivity contribution in [2.24, 2.45) is 17.6 Å². The SMILES string of the molecule is CC[C@H](C)[C@H](NC(=O)[C@H](CC(C)C)NC(=O)OC(C)(C)C)C(=O)N[C@H](CCC(=O)OCc1ccccc1)C(N)=O. The first kappa shape index (κ1) is 34.4. The molecule has 0 fully saturated rings. The van der Waals surface area contributed by atoms with Crippen LogP contribution in [0.2, 0.25) is 0 Å². The molecule has 0 aromatic heterocycles. The van der Waals surface area contributed by atoms with Gasteiger partial charge in [0, 0.05) is 6.42 Å². The van der Waals surface area contributed by atoms with Crippen molar-refractivity contribution in [3.05, 3.63) is 35.9 Å². The van der Waals surface area contributed by atoms with Gasteiger partial charge in [-0.1, -0.05) is 64.4 Å². The van der Waals surface area contributed by atoms with E-state index in [1.807, 2.05) is 51.1 Å². The minimum absolute atomic E-state index is 0.0578. The predicted octanol–water partition coefficient (Wildman–Crippen LogP) is 2.95. The summed E-state index contributed by atoms with van der Waals surface area (Å²) in [7, 11) is 0. The number of nitrogens with one attached hydrogen (secondary N) is 3. The summed E-state index contributed by atoms with van der Waals surface area (Å²) >= 11 is 0. The molecule has 11 heteroatoms. The van der Waals surface area contributed by atoms with E-state index in [1.54, 1.807) is 27.7 Å². The number of esters is 1. The number of hydrogen-bond donors (Lipinski definition) is 4. The number of primary amides is 1. The highest BCUT2D eigenvalue weighted by atomic mass is 16.6. The van der Waals surface area contributed by atoms with Gasteiger partial charge in [-0.15, -0.1) is 0 Å². The highest BCUT2D eigenvalue weighted by molar-refractivity contribution is 5.93. The molecule has 0 aliphatic rings. The maximum absolute atomic E-state index is 13.2. The smallest absolute Gasteiger partial charge is 0.408 e. The molecule has 0 heterocycles. The van der Waals surface area contributed by atoms with E-state index >= 15 is 0 Å². The molecule has 0 unspecified atom stereocenters. The van der Waals surface area contributed by atoms with Gasteiger partial charge in [-0.05, 0) is 51.0 Å². The van der Waals surface area contributed by atoms with Crippen LogP contribution in [0.3, 0.4) is 0 Å². The fourth-order valence-electron chi connectivity index (χ4n) is 3.73. The van der Waals surface area contributed by atoms with Gasteiger partial charge in [0.1, 0.15) is 30.3 Å². The highest BCUT2D eigenvalue weighted by Gasteiger charge is 2.33. The molecular formula is C29H46N4O7. The monoisotopic (exact) mass is 562 g/mol. The Kier molecular flexibility index (Phi) is 14.2. The van der Waals surface area contributed by atoms with Crippen molar-refractivity contribution in [3.8, 4) is 0 Å². The average Bonchev–Trinajstić information content (AvgIpc) is 2.86. The Labute approximate surface area is 237 Å². The zero-order chi connectivity index (χ0) is 30.5. The number of carbonyl (C=O) groups is 5. The normalized spacial score (nSPS) is 14.3. The summed E-state index contributed by atoms with van der Waals surface area (Å²) in [5, 5.41) is 7.88. The zero-order valence-electron chi connectivity index (χ0n) is 24.7. The highest BCUT2D eigenvalue weighted by Crippen LogP contribution is 2.13. The third-order valence-electron chi connectivity index (χ3n) is 6.05. The van der Waals surface area contributed by atoms with Crippen molar-refractivity contribution in [3.63, 3.8) is 0 Å². The van der Waals surface area contributed by atoms with E-state index in [9.17, 15) is 24.0 Å². The van der Waals surface area contributed by atoms with Gasteiger partial charge in [-0.25, -0.2) is 4.79 Å². The molecule has 40 heavy (non-hydrogen) atoms. The van der Waals surface area contributed by atoms with Gasteiger partial charge >= 0.3 is 12.1 Å². The van der Waals surface area contributed by atoms with Crippen LogP contribution in [-0.4, -0.2) is 53.5 Å². The lowest BCUT2D eigenvalue weighted by molar-refractivity contribution is -0.145. The van der Waals surface area contributed by atoms with E-state index in [-0.39, 0.29) is 31.3 Å². The zero-order valence-corrected chi connectivity index (χ0v) is 24.7. The molecule has 1 aromatic carbocycles. The fourth-order valence-corrected chi connectivity index (χ4v) is 3.73. The number of benzene rings is 1. The second-order valence-corrected chi connectivity index (χ2v) is 11.3. The first-order valence-electron chi connectivity index (χ1n) is 13.7. The Morgan fingerprint density at radius 3 is 2.05 bits per heavy atom. The number of rotatable bonds is 15. The van der Waals surface area contributed by atoms with Crippen LogP contribution in [0.15, 0.2) is 30.3 Å². The van der Waals surface area contributed by atoms with Crippen LogP contribution in [0.25, 0.3) is 0 Å². The first-order chi connectivity index (χ1) is 18.6. The van der Waals surface area contributed by atoms with Gasteiger partial charge in [0.25, 0.3) is 0 Å². The molecule has 0 bridgehead atoms. The summed E-state index contributed by atoms with van der Waals surface area (Å²) < 4.78 is 10.5. The molecule has 11 nitrogen and oxygen atoms in total. The standard InChI is InChI=1S/C29H46N4O7/c1-8-19(4)24(33-26(36)22(16-18(2)3)32-28(38)40-29(5,6)7)27(37)31-21(25(30)35)14-15-23(34)39-17-20-12-10-9-11-13-20/h9-13,18-19,21-22,24H,8,14-17H2,1-7H3,(H2,30,35)(H,31,37)(H,32,38)(H,33,36)/t19-,21+,22-,24-/m0/s1. The van der Waals surface area contributed by atoms with Crippen molar-refractivity contribution in [1.82, 2.24) is 16.0 Å². The molecule has 4 amide bonds. The maximum Gasteiger partial charge on any atom is 0.408 e. The molecule has 0 saturated carbocycles. The van der Waals surface area contributed by atoms with E-state index in [0.29, 0.717) is 12.8 Å². The molecule has 0 aliphatic carbocycles. The molecule has 0 radical (unpaired) electrons. The first-order valence-corrected chi connectivity index (χ1v) is 13.7. The number of amides is 4. The van der Waals surface area contributed by atoms with Crippen molar-refractivity contribution < 1.29 is 33.4 Å². The van der Waals surface area contributed by atoms with Gasteiger partial charge in [-0.2, -0.15) is 0 Å². The molecular weight excluding hydrogens is 516 g/mol. The van der Waals surface area contributed by atoms with Crippen molar-refractivity contribution in [2.45, 2.75) is 104 Å². The minimum Gasteiger partial charge on any atom is -0.461 e. The van der Waals surface area contributed by atoms with Crippen LogP contribution < -0.4 is 21.7 Å². The summed E-state index contributed by atoms with van der Waals surface area (Å²) in [5.41, 5.74) is 5.57. The lowest BCUT2D eigenvalue weighted by Crippen LogP contribution is -2.58. The van der Waals surface area contributed by atoms with Crippen LogP contribution in [0.5, 0.6) is 0 Å². The largest absolute Gasteiger partial charge is 0.461 e. The van der Waals surface area contributed by atoms with Gasteiger partial charge in [0.05, 0.1) is 0 Å². The van der Waals surface area contributed by atoms with E-state index in [0.717, 1.165) is 5.56 Å². The number of ether oxygens (including phenoxy) is 2. The summed E-state index contributed by atoms with van der Waals surface area (Å²) in [4.78, 5) is 63.1. The van der Waals surface area contributed by atoms with E-state index in [4.69, 9.17) is 15.2 Å². The summed E-state index contributed by atoms with van der Waals surface area (Å²) in [6.07, 6.45) is -0.0938. The van der Waals surface area contributed by atoms with Gasteiger partial charge in [0.15, 0.2) is 0 Å². The van der Waals surface area contributed by atoms with Crippen LogP contribution in [0.1, 0.15) is 79.7 Å². The number of hydrogen-bond acceptors (Lipinski definition) is 7. The predicted molar refractivity (Wildman–Crippen MR) is 151 cm³/mol. The molecule has 1 rings (SSSR count). The van der Waals surface area contributed by atoms with Crippen LogP contribution in [-0.2, 0) is 35.3 Å². The summed E-state index contributed by atoms with van der Waals surface area (Å²) in [6, 6.07) is 6.03. The third-order valence-corrected chi connectivity index (χ3v) is 6.05. The Morgan fingerprint density at radius 2 is 1.52 bits per heavy atom. The Morgan fingerprint density at radius 1 is 0.900 bits per heavy atom. The van der Waals surface area contributed by atoms with Crippen LogP contribution in [0.4, 0.5) is 4.79 Å². The Hall–Kier alpha value is -3.63. The van der Waals surface area contributed by atoms with Crippen molar-refractivity contribution >= 4 is 29.8 Å². The van der Waals surface area contributed by atoms with E-state index in [1.165, 1.54) is 0 Å². The van der Waals surface area contributed by atoms with Gasteiger partial charge in [-0.3, -0.25) is 19.2 Å². The van der Waals surface area contributed by atoms with Crippen molar-refractivity contribution in [2.75, 3.05) is 0 Å². The van der Waals surface area contributed by atoms with Gasteiger partial charge < -0.3 is 31.2 Å². The van der Waals surface area contributed by atoms with Crippen molar-refractivity contribution in [1.29, 1.82) is 0 Å². The molecule has 0 spiro atoms. The molecule has 5 N–H and O–H groups in total. The average molecular weight is 563 g/mol. The summed E-state index contributed by atoms with van der Waals surface area (Å²) in [5.74, 6) is -2.79. The van der Waals surface area contributed by atoms with Crippen LogP contribution >= 0.6 is 0 Å². The van der Waals surface area contributed by atoms with E-state index < -0.39 is 53.5 Å². The lowest BCUT2D eigenvalue weighted by atomic mass is 9.96. The Bertz CT molecular complexity index is 992. The third kappa shape index (κ3) is 13.4. The molecule has 1 aromatic rings. The molecule has 224 valence electrons. The number of alkyl carbamates (subject to hydrolysis) is 1. The number of nitrogens with two attached hydrogens (primary N) is 1. The minimum atomic E-state index is -1.15. The van der Waals surface area contributed by atoms with Crippen LogP contribution in [0, 0.1) is 11.8 Å².